The second-order valence-corrected chi connectivity index (χ2v) is 7.16. The maximum atomic E-state index is 12.2. The summed E-state index contributed by atoms with van der Waals surface area (Å²) in [4.78, 5) is 14.6. The first-order valence-corrected chi connectivity index (χ1v) is 8.55. The highest BCUT2D eigenvalue weighted by Gasteiger charge is 2.28. The van der Waals surface area contributed by atoms with Gasteiger partial charge in [0.1, 0.15) is 0 Å². The van der Waals surface area contributed by atoms with Crippen molar-refractivity contribution in [1.82, 2.24) is 10.2 Å². The van der Waals surface area contributed by atoms with Crippen LogP contribution in [0.25, 0.3) is 0 Å². The number of hydrogen-bond acceptors (Lipinski definition) is 4. The van der Waals surface area contributed by atoms with Crippen molar-refractivity contribution in [1.29, 1.82) is 0 Å². The van der Waals surface area contributed by atoms with Gasteiger partial charge in [0.25, 0.3) is 0 Å². The molecule has 1 heterocycles. The van der Waals surface area contributed by atoms with Crippen molar-refractivity contribution < 1.29 is 4.79 Å². The molecule has 3 N–H and O–H groups in total. The lowest BCUT2D eigenvalue weighted by molar-refractivity contribution is -0.124. The number of nitrogens with zero attached hydrogens (tertiary/aromatic N) is 1. The molecule has 1 unspecified atom stereocenters. The number of hydrogen-bond donors (Lipinski definition) is 2. The lowest BCUT2D eigenvalue weighted by Gasteiger charge is -2.31. The molecule has 2 atom stereocenters. The monoisotopic (exact) mass is 311 g/mol. The third-order valence-corrected chi connectivity index (χ3v) is 4.57. The minimum atomic E-state index is -0.489. The minimum absolute atomic E-state index is 0.0742. The van der Waals surface area contributed by atoms with Crippen LogP contribution in [0, 0.1) is 5.41 Å². The number of rotatable bonds is 7. The molecule has 0 spiro atoms. The van der Waals surface area contributed by atoms with E-state index < -0.39 is 6.04 Å². The van der Waals surface area contributed by atoms with E-state index in [1.807, 2.05) is 20.8 Å². The van der Waals surface area contributed by atoms with Gasteiger partial charge in [-0.2, -0.15) is 11.3 Å². The van der Waals surface area contributed by atoms with Crippen LogP contribution < -0.4 is 11.1 Å². The van der Waals surface area contributed by atoms with Gasteiger partial charge in [0.15, 0.2) is 0 Å². The van der Waals surface area contributed by atoms with Crippen LogP contribution in [0.5, 0.6) is 0 Å². The lowest BCUT2D eigenvalue weighted by atomic mass is 9.87. The van der Waals surface area contributed by atoms with E-state index in [0.717, 1.165) is 13.1 Å². The molecule has 0 aliphatic carbocycles. The van der Waals surface area contributed by atoms with Crippen LogP contribution in [0.15, 0.2) is 16.8 Å². The maximum Gasteiger partial charge on any atom is 0.237 e. The van der Waals surface area contributed by atoms with Crippen LogP contribution in [-0.2, 0) is 4.79 Å². The van der Waals surface area contributed by atoms with Gasteiger partial charge in [-0.3, -0.25) is 9.69 Å². The van der Waals surface area contributed by atoms with Crippen LogP contribution in [0.4, 0.5) is 0 Å². The first-order chi connectivity index (χ1) is 9.81. The summed E-state index contributed by atoms with van der Waals surface area (Å²) in [5, 5.41) is 7.26. The van der Waals surface area contributed by atoms with Gasteiger partial charge in [0, 0.05) is 6.54 Å². The van der Waals surface area contributed by atoms with Gasteiger partial charge < -0.3 is 11.1 Å². The number of likely N-dealkylation sites (N-methyl/N-ethyl adjacent to an activating group) is 1. The van der Waals surface area contributed by atoms with Crippen molar-refractivity contribution in [2.45, 2.75) is 46.7 Å². The van der Waals surface area contributed by atoms with Gasteiger partial charge in [0.05, 0.1) is 12.1 Å². The van der Waals surface area contributed by atoms with Crippen LogP contribution in [0.1, 0.15) is 46.2 Å². The molecule has 1 aromatic heterocycles. The summed E-state index contributed by atoms with van der Waals surface area (Å²) >= 11 is 1.69. The molecule has 21 heavy (non-hydrogen) atoms. The molecule has 5 heteroatoms. The zero-order valence-electron chi connectivity index (χ0n) is 13.8. The van der Waals surface area contributed by atoms with Crippen molar-refractivity contribution in [3.63, 3.8) is 0 Å². The zero-order valence-corrected chi connectivity index (χ0v) is 14.7. The fourth-order valence-electron chi connectivity index (χ4n) is 2.29. The fourth-order valence-corrected chi connectivity index (χ4v) is 2.99. The van der Waals surface area contributed by atoms with Gasteiger partial charge in [-0.25, -0.2) is 0 Å². The SMILES string of the molecule is CCN(CC)C(CNC(=O)[C@@H](N)C(C)(C)C)c1ccsc1. The molecule has 0 radical (unpaired) electrons. The predicted molar refractivity (Wildman–Crippen MR) is 90.4 cm³/mol. The number of nitrogens with two attached hydrogens (primary N) is 1. The van der Waals surface area contributed by atoms with Crippen molar-refractivity contribution in [2.75, 3.05) is 19.6 Å². The Bertz CT molecular complexity index is 421. The summed E-state index contributed by atoms with van der Waals surface area (Å²) < 4.78 is 0. The minimum Gasteiger partial charge on any atom is -0.353 e. The van der Waals surface area contributed by atoms with E-state index in [4.69, 9.17) is 5.73 Å². The number of carbonyl (C=O) groups is 1. The van der Waals surface area contributed by atoms with Gasteiger partial charge >= 0.3 is 0 Å². The van der Waals surface area contributed by atoms with E-state index in [1.54, 1.807) is 11.3 Å². The smallest absolute Gasteiger partial charge is 0.237 e. The highest BCUT2D eigenvalue weighted by molar-refractivity contribution is 7.07. The molecule has 0 fully saturated rings. The Kier molecular flexibility index (Phi) is 6.84. The first-order valence-electron chi connectivity index (χ1n) is 7.60. The Morgan fingerprint density at radius 1 is 1.38 bits per heavy atom. The van der Waals surface area contributed by atoms with Gasteiger partial charge in [-0.1, -0.05) is 34.6 Å². The number of thiophene rings is 1. The Labute approximate surface area is 132 Å². The van der Waals surface area contributed by atoms with Gasteiger partial charge in [-0.05, 0) is 40.9 Å². The third kappa shape index (κ3) is 5.09. The number of carbonyl (C=O) groups excluding carboxylic acids is 1. The molecule has 1 amide bonds. The van der Waals surface area contributed by atoms with Gasteiger partial charge in [0.2, 0.25) is 5.91 Å². The average Bonchev–Trinajstić information content (AvgIpc) is 2.95. The molecule has 4 nitrogen and oxygen atoms in total. The Balaban J connectivity index is 2.73. The van der Waals surface area contributed by atoms with Crippen LogP contribution in [-0.4, -0.2) is 36.5 Å². The Hall–Kier alpha value is -0.910. The quantitative estimate of drug-likeness (QED) is 0.814. The first kappa shape index (κ1) is 18.1. The van der Waals surface area contributed by atoms with Crippen molar-refractivity contribution in [3.05, 3.63) is 22.4 Å². The summed E-state index contributed by atoms with van der Waals surface area (Å²) in [6.07, 6.45) is 0. The summed E-state index contributed by atoms with van der Waals surface area (Å²) in [5.41, 5.74) is 7.05. The fraction of sp³-hybridized carbons (Fsp3) is 0.688. The molecule has 0 aromatic carbocycles. The molecule has 0 bridgehead atoms. The highest BCUT2D eigenvalue weighted by Crippen LogP contribution is 2.23. The van der Waals surface area contributed by atoms with Crippen LogP contribution >= 0.6 is 11.3 Å². The van der Waals surface area contributed by atoms with E-state index in [0.29, 0.717) is 6.54 Å². The van der Waals surface area contributed by atoms with E-state index in [-0.39, 0.29) is 17.4 Å². The van der Waals surface area contributed by atoms with E-state index in [1.165, 1.54) is 5.56 Å². The second-order valence-electron chi connectivity index (χ2n) is 6.38. The molecule has 0 saturated carbocycles. The molecule has 0 aliphatic heterocycles. The van der Waals surface area contributed by atoms with Gasteiger partial charge in [-0.15, -0.1) is 0 Å². The van der Waals surface area contributed by atoms with Crippen molar-refractivity contribution in [2.24, 2.45) is 11.1 Å². The van der Waals surface area contributed by atoms with Crippen LogP contribution in [0.3, 0.4) is 0 Å². The average molecular weight is 311 g/mol. The molecule has 0 aliphatic rings. The molecule has 120 valence electrons. The zero-order chi connectivity index (χ0) is 16.0. The van der Waals surface area contributed by atoms with Crippen molar-refractivity contribution >= 4 is 17.2 Å². The predicted octanol–water partition coefficient (Wildman–Crippen LogP) is 2.62. The number of nitrogens with one attached hydrogen (secondary N) is 1. The summed E-state index contributed by atoms with van der Waals surface area (Å²) in [6.45, 7) is 12.8. The molecular formula is C16H29N3OS. The Morgan fingerprint density at radius 2 is 2.00 bits per heavy atom. The van der Waals surface area contributed by atoms with E-state index in [9.17, 15) is 4.79 Å². The van der Waals surface area contributed by atoms with E-state index >= 15 is 0 Å². The van der Waals surface area contributed by atoms with Crippen LogP contribution in [0.2, 0.25) is 0 Å². The second kappa shape index (κ2) is 7.92. The van der Waals surface area contributed by atoms with E-state index in [2.05, 4.69) is 40.9 Å². The lowest BCUT2D eigenvalue weighted by Crippen LogP contribution is -2.50. The molecule has 1 aromatic rings. The summed E-state index contributed by atoms with van der Waals surface area (Å²) in [5.74, 6) is -0.0742. The third-order valence-electron chi connectivity index (χ3n) is 3.87. The summed E-state index contributed by atoms with van der Waals surface area (Å²) in [6, 6.07) is 1.85. The van der Waals surface area contributed by atoms with Crippen molar-refractivity contribution in [3.8, 4) is 0 Å². The standard InChI is InChI=1S/C16H29N3OS/c1-6-19(7-2)13(12-8-9-21-11-12)10-18-15(20)14(17)16(3,4)5/h8-9,11,13-14H,6-7,10,17H2,1-5H3,(H,18,20)/t13?,14-/m1/s1. The summed E-state index contributed by atoms with van der Waals surface area (Å²) in [7, 11) is 0. The normalized spacial score (nSPS) is 15.0. The topological polar surface area (TPSA) is 58.4 Å². The molecule has 0 saturated heterocycles. The molecular weight excluding hydrogens is 282 g/mol. The Morgan fingerprint density at radius 3 is 2.43 bits per heavy atom. The molecule has 1 rings (SSSR count). The number of amides is 1. The largest absolute Gasteiger partial charge is 0.353 e. The maximum absolute atomic E-state index is 12.2. The highest BCUT2D eigenvalue weighted by atomic mass is 32.1.